The molecule has 0 unspecified atom stereocenters. The van der Waals surface area contributed by atoms with E-state index in [1.54, 1.807) is 0 Å². The quantitative estimate of drug-likeness (QED) is 0.622. The van der Waals surface area contributed by atoms with E-state index in [1.165, 1.54) is 0 Å². The number of nitrogens with zero attached hydrogens (tertiary/aromatic N) is 2. The largest absolute Gasteiger partial charge is 0.379 e. The van der Waals surface area contributed by atoms with Crippen molar-refractivity contribution >= 4 is 0 Å². The van der Waals surface area contributed by atoms with Crippen LogP contribution in [0.5, 0.6) is 0 Å². The van der Waals surface area contributed by atoms with Crippen molar-refractivity contribution in [3.63, 3.8) is 0 Å². The van der Waals surface area contributed by atoms with Gasteiger partial charge in [0.15, 0.2) is 0 Å². The molecule has 0 spiro atoms. The van der Waals surface area contributed by atoms with Gasteiger partial charge in [0, 0.05) is 26.2 Å². The number of rotatable bonds is 0. The molecule has 0 saturated carbocycles. The molecule has 1 rings (SSSR count). The molecule has 120 valence electrons. The lowest BCUT2D eigenvalue weighted by atomic mass is 10.5. The Hall–Kier alpha value is -0.240. The smallest absolute Gasteiger partial charge is 0.0701 e. The minimum Gasteiger partial charge on any atom is -0.379 e. The highest BCUT2D eigenvalue weighted by Gasteiger charge is 2.01. The van der Waals surface area contributed by atoms with E-state index in [0.717, 1.165) is 52.6 Å². The number of hydrogen-bond donors (Lipinski definition) is 0. The molecule has 1 fully saturated rings. The summed E-state index contributed by atoms with van der Waals surface area (Å²) in [6.45, 7) is 9.29. The molecular formula is C14H30N2O4. The van der Waals surface area contributed by atoms with Crippen LogP contribution in [0, 0.1) is 0 Å². The van der Waals surface area contributed by atoms with Gasteiger partial charge in [-0.3, -0.25) is 0 Å². The van der Waals surface area contributed by atoms with Gasteiger partial charge >= 0.3 is 0 Å². The van der Waals surface area contributed by atoms with E-state index in [1.807, 2.05) is 0 Å². The third-order valence-corrected chi connectivity index (χ3v) is 3.21. The molecule has 1 saturated heterocycles. The summed E-state index contributed by atoms with van der Waals surface area (Å²) in [6, 6.07) is 0. The van der Waals surface area contributed by atoms with Crippen LogP contribution in [0.1, 0.15) is 0 Å². The standard InChI is InChI=1S/C14H30N2O4/c1-15-3-7-17-8-4-16(2)6-10-19-12-14-20-13-11-18-9-5-15/h3-14H2,1-2H3. The van der Waals surface area contributed by atoms with E-state index in [4.69, 9.17) is 18.9 Å². The molecule has 0 N–H and O–H groups in total. The summed E-state index contributed by atoms with van der Waals surface area (Å²) < 4.78 is 22.1. The van der Waals surface area contributed by atoms with Gasteiger partial charge in [-0.25, -0.2) is 0 Å². The van der Waals surface area contributed by atoms with E-state index in [2.05, 4.69) is 23.9 Å². The summed E-state index contributed by atoms with van der Waals surface area (Å²) in [4.78, 5) is 4.45. The fraction of sp³-hybridized carbons (Fsp3) is 1.00. The predicted octanol–water partition coefficient (Wildman–Crippen LogP) is -0.0700. The Morgan fingerprint density at radius 2 is 0.700 bits per heavy atom. The molecular weight excluding hydrogens is 260 g/mol. The van der Waals surface area contributed by atoms with Crippen molar-refractivity contribution in [1.82, 2.24) is 9.80 Å². The Kier molecular flexibility index (Phi) is 11.1. The molecule has 1 heterocycles. The maximum absolute atomic E-state index is 5.63. The first-order valence-electron chi connectivity index (χ1n) is 7.47. The van der Waals surface area contributed by atoms with Crippen LogP contribution in [0.25, 0.3) is 0 Å². The van der Waals surface area contributed by atoms with E-state index >= 15 is 0 Å². The number of likely N-dealkylation sites (N-methyl/N-ethyl adjacent to an activating group) is 2. The van der Waals surface area contributed by atoms with Crippen molar-refractivity contribution in [2.75, 3.05) is 93.1 Å². The Morgan fingerprint density at radius 1 is 0.450 bits per heavy atom. The van der Waals surface area contributed by atoms with Crippen molar-refractivity contribution in [1.29, 1.82) is 0 Å². The highest BCUT2D eigenvalue weighted by atomic mass is 16.5. The first kappa shape index (κ1) is 17.8. The van der Waals surface area contributed by atoms with Gasteiger partial charge in [-0.05, 0) is 14.1 Å². The zero-order valence-corrected chi connectivity index (χ0v) is 13.0. The topological polar surface area (TPSA) is 43.4 Å². The average molecular weight is 290 g/mol. The van der Waals surface area contributed by atoms with Crippen LogP contribution in [0.15, 0.2) is 0 Å². The average Bonchev–Trinajstić information content (AvgIpc) is 2.43. The molecule has 6 heteroatoms. The molecule has 0 amide bonds. The van der Waals surface area contributed by atoms with Crippen molar-refractivity contribution in [2.45, 2.75) is 0 Å². The highest BCUT2D eigenvalue weighted by molar-refractivity contribution is 4.52. The van der Waals surface area contributed by atoms with Crippen LogP contribution in [0.4, 0.5) is 0 Å². The van der Waals surface area contributed by atoms with Crippen molar-refractivity contribution in [2.24, 2.45) is 0 Å². The van der Waals surface area contributed by atoms with Gasteiger partial charge in [0.2, 0.25) is 0 Å². The van der Waals surface area contributed by atoms with Crippen LogP contribution >= 0.6 is 0 Å². The van der Waals surface area contributed by atoms with Gasteiger partial charge < -0.3 is 28.7 Å². The molecule has 0 bridgehead atoms. The second-order valence-electron chi connectivity index (χ2n) is 5.06. The van der Waals surface area contributed by atoms with Crippen LogP contribution in [0.2, 0.25) is 0 Å². The van der Waals surface area contributed by atoms with Gasteiger partial charge in [0.1, 0.15) is 0 Å². The van der Waals surface area contributed by atoms with Gasteiger partial charge in [-0.15, -0.1) is 0 Å². The lowest BCUT2D eigenvalue weighted by Gasteiger charge is -2.19. The van der Waals surface area contributed by atoms with Crippen LogP contribution in [0.3, 0.4) is 0 Å². The van der Waals surface area contributed by atoms with E-state index in [-0.39, 0.29) is 0 Å². The normalized spacial score (nSPS) is 24.9. The summed E-state index contributed by atoms with van der Waals surface area (Å²) >= 11 is 0. The summed E-state index contributed by atoms with van der Waals surface area (Å²) in [7, 11) is 4.18. The molecule has 1 aliphatic rings. The summed E-state index contributed by atoms with van der Waals surface area (Å²) in [5.41, 5.74) is 0. The summed E-state index contributed by atoms with van der Waals surface area (Å²) in [5, 5.41) is 0. The van der Waals surface area contributed by atoms with Crippen molar-refractivity contribution in [3.05, 3.63) is 0 Å². The number of hydrogen-bond acceptors (Lipinski definition) is 6. The molecule has 0 radical (unpaired) electrons. The monoisotopic (exact) mass is 290 g/mol. The second-order valence-corrected chi connectivity index (χ2v) is 5.06. The predicted molar refractivity (Wildman–Crippen MR) is 78.3 cm³/mol. The molecule has 0 aromatic heterocycles. The Balaban J connectivity index is 2.16. The zero-order valence-electron chi connectivity index (χ0n) is 13.0. The second kappa shape index (κ2) is 12.5. The minimum atomic E-state index is 0.635. The molecule has 0 aromatic carbocycles. The first-order chi connectivity index (χ1) is 9.79. The molecule has 20 heavy (non-hydrogen) atoms. The van der Waals surface area contributed by atoms with E-state index in [9.17, 15) is 0 Å². The molecule has 6 nitrogen and oxygen atoms in total. The van der Waals surface area contributed by atoms with Gasteiger partial charge in [0.05, 0.1) is 52.9 Å². The Morgan fingerprint density at radius 3 is 1.05 bits per heavy atom. The molecule has 0 atom stereocenters. The first-order valence-corrected chi connectivity index (χ1v) is 7.47. The van der Waals surface area contributed by atoms with Crippen LogP contribution in [-0.4, -0.2) is 103 Å². The maximum Gasteiger partial charge on any atom is 0.0701 e. The SMILES string of the molecule is CN1CCOCCOCCOCCN(C)CCOCC1. The van der Waals surface area contributed by atoms with E-state index < -0.39 is 0 Å². The Bertz CT molecular complexity index is 199. The highest BCUT2D eigenvalue weighted by Crippen LogP contribution is 1.89. The van der Waals surface area contributed by atoms with Gasteiger partial charge in [-0.1, -0.05) is 0 Å². The fourth-order valence-corrected chi connectivity index (χ4v) is 1.75. The van der Waals surface area contributed by atoms with Gasteiger partial charge in [0.25, 0.3) is 0 Å². The molecule has 0 aliphatic carbocycles. The van der Waals surface area contributed by atoms with E-state index in [0.29, 0.717) is 26.4 Å². The lowest BCUT2D eigenvalue weighted by Crippen LogP contribution is -2.30. The lowest BCUT2D eigenvalue weighted by molar-refractivity contribution is 0.00415. The third-order valence-electron chi connectivity index (χ3n) is 3.21. The number of ether oxygens (including phenoxy) is 4. The molecule has 1 aliphatic heterocycles. The van der Waals surface area contributed by atoms with Gasteiger partial charge in [-0.2, -0.15) is 0 Å². The zero-order chi connectivity index (χ0) is 14.5. The van der Waals surface area contributed by atoms with Crippen molar-refractivity contribution < 1.29 is 18.9 Å². The molecule has 0 aromatic rings. The fourth-order valence-electron chi connectivity index (χ4n) is 1.75. The maximum atomic E-state index is 5.63. The van der Waals surface area contributed by atoms with Crippen LogP contribution < -0.4 is 0 Å². The third kappa shape index (κ3) is 10.5. The summed E-state index contributed by atoms with van der Waals surface area (Å²) in [5.74, 6) is 0. The minimum absolute atomic E-state index is 0.635. The van der Waals surface area contributed by atoms with Crippen molar-refractivity contribution in [3.8, 4) is 0 Å². The van der Waals surface area contributed by atoms with Crippen LogP contribution in [-0.2, 0) is 18.9 Å². The Labute approximate surface area is 122 Å². The summed E-state index contributed by atoms with van der Waals surface area (Å²) in [6.07, 6.45) is 0.